The molecule has 2 rings (SSSR count). The van der Waals surface area contributed by atoms with Crippen molar-refractivity contribution < 1.29 is 9.90 Å². The number of piperidine rings is 1. The Morgan fingerprint density at radius 1 is 1.32 bits per heavy atom. The molecule has 1 saturated heterocycles. The van der Waals surface area contributed by atoms with Gasteiger partial charge in [0.1, 0.15) is 0 Å². The lowest BCUT2D eigenvalue weighted by Gasteiger charge is -2.37. The maximum Gasteiger partial charge on any atom is 0.227 e. The van der Waals surface area contributed by atoms with Gasteiger partial charge in [-0.25, -0.2) is 0 Å². The van der Waals surface area contributed by atoms with E-state index in [1.165, 1.54) is 0 Å². The van der Waals surface area contributed by atoms with Gasteiger partial charge in [0.25, 0.3) is 0 Å². The van der Waals surface area contributed by atoms with E-state index in [0.717, 1.165) is 24.1 Å². The topological polar surface area (TPSA) is 40.5 Å². The Bertz CT molecular complexity index is 462. The molecule has 104 valence electrons. The average molecular weight is 261 g/mol. The predicted molar refractivity (Wildman–Crippen MR) is 77.4 cm³/mol. The minimum Gasteiger partial charge on any atom is -0.394 e. The summed E-state index contributed by atoms with van der Waals surface area (Å²) in [5.41, 5.74) is 2.09. The zero-order valence-corrected chi connectivity index (χ0v) is 12.0. The minimum absolute atomic E-state index is 0.0195. The Balaban J connectivity index is 2.47. The highest BCUT2D eigenvalue weighted by Crippen LogP contribution is 2.35. The van der Waals surface area contributed by atoms with E-state index in [9.17, 15) is 9.90 Å². The number of para-hydroxylation sites is 1. The summed E-state index contributed by atoms with van der Waals surface area (Å²) in [6, 6.07) is 7.95. The first kappa shape index (κ1) is 14.1. The van der Waals surface area contributed by atoms with Crippen LogP contribution in [-0.2, 0) is 10.2 Å². The van der Waals surface area contributed by atoms with Gasteiger partial charge in [-0.1, -0.05) is 39.0 Å². The van der Waals surface area contributed by atoms with Gasteiger partial charge in [-0.2, -0.15) is 0 Å². The fourth-order valence-electron chi connectivity index (χ4n) is 2.76. The van der Waals surface area contributed by atoms with Crippen LogP contribution in [0.5, 0.6) is 0 Å². The van der Waals surface area contributed by atoms with Crippen LogP contribution in [0.3, 0.4) is 0 Å². The van der Waals surface area contributed by atoms with Crippen LogP contribution in [0.1, 0.15) is 45.6 Å². The molecular formula is C16H23NO2. The highest BCUT2D eigenvalue weighted by atomic mass is 16.3. The summed E-state index contributed by atoms with van der Waals surface area (Å²) in [5, 5.41) is 9.54. The van der Waals surface area contributed by atoms with Crippen molar-refractivity contribution in [1.29, 1.82) is 0 Å². The maximum atomic E-state index is 12.3. The second-order valence-corrected chi connectivity index (χ2v) is 6.26. The molecular weight excluding hydrogens is 238 g/mol. The van der Waals surface area contributed by atoms with Gasteiger partial charge < -0.3 is 10.0 Å². The molecule has 1 aliphatic heterocycles. The third-order valence-electron chi connectivity index (χ3n) is 3.74. The molecule has 1 aromatic carbocycles. The first-order valence-electron chi connectivity index (χ1n) is 6.97. The van der Waals surface area contributed by atoms with E-state index in [2.05, 4.69) is 26.8 Å². The molecule has 19 heavy (non-hydrogen) atoms. The van der Waals surface area contributed by atoms with Gasteiger partial charge in [0, 0.05) is 12.1 Å². The number of amides is 1. The van der Waals surface area contributed by atoms with Gasteiger partial charge >= 0.3 is 0 Å². The van der Waals surface area contributed by atoms with E-state index in [0.29, 0.717) is 6.42 Å². The number of hydrogen-bond acceptors (Lipinski definition) is 2. The van der Waals surface area contributed by atoms with Crippen LogP contribution >= 0.6 is 0 Å². The van der Waals surface area contributed by atoms with Crippen molar-refractivity contribution in [3.63, 3.8) is 0 Å². The molecule has 1 fully saturated rings. The number of nitrogens with zero attached hydrogens (tertiary/aromatic N) is 1. The monoisotopic (exact) mass is 261 g/mol. The molecule has 0 aliphatic carbocycles. The standard InChI is InChI=1S/C16H23NO2/c1-16(2,3)13-8-4-5-9-14(13)17-12(11-18)7-6-10-15(17)19/h4-5,8-9,12,18H,6-7,10-11H2,1-3H3/t12-/m1/s1. The largest absolute Gasteiger partial charge is 0.394 e. The summed E-state index contributed by atoms with van der Waals surface area (Å²) >= 11 is 0. The summed E-state index contributed by atoms with van der Waals surface area (Å²) in [5.74, 6) is 0.127. The van der Waals surface area contributed by atoms with Crippen molar-refractivity contribution in [3.05, 3.63) is 29.8 Å². The van der Waals surface area contributed by atoms with Crippen LogP contribution in [-0.4, -0.2) is 23.7 Å². The molecule has 3 heteroatoms. The van der Waals surface area contributed by atoms with Gasteiger partial charge in [0.05, 0.1) is 12.6 Å². The van der Waals surface area contributed by atoms with Crippen LogP contribution in [0.25, 0.3) is 0 Å². The normalized spacial score (nSPS) is 20.7. The summed E-state index contributed by atoms with van der Waals surface area (Å²) in [4.78, 5) is 14.1. The molecule has 1 aliphatic rings. The molecule has 0 aromatic heterocycles. The van der Waals surface area contributed by atoms with E-state index < -0.39 is 0 Å². The van der Waals surface area contributed by atoms with Crippen LogP contribution < -0.4 is 4.90 Å². The lowest BCUT2D eigenvalue weighted by atomic mass is 9.84. The van der Waals surface area contributed by atoms with Crippen LogP contribution in [0, 0.1) is 0 Å². The van der Waals surface area contributed by atoms with Gasteiger partial charge in [0.2, 0.25) is 5.91 Å². The number of rotatable bonds is 2. The molecule has 0 unspecified atom stereocenters. The Morgan fingerprint density at radius 2 is 2.00 bits per heavy atom. The molecule has 1 atom stereocenters. The molecule has 0 spiro atoms. The van der Waals surface area contributed by atoms with Gasteiger partial charge in [-0.3, -0.25) is 4.79 Å². The smallest absolute Gasteiger partial charge is 0.227 e. The Hall–Kier alpha value is -1.35. The Morgan fingerprint density at radius 3 is 2.63 bits per heavy atom. The van der Waals surface area contributed by atoms with Crippen molar-refractivity contribution in [3.8, 4) is 0 Å². The Kier molecular flexibility index (Phi) is 3.95. The number of carbonyl (C=O) groups excluding carboxylic acids is 1. The summed E-state index contributed by atoms with van der Waals surface area (Å²) in [7, 11) is 0. The van der Waals surface area contributed by atoms with Crippen LogP contribution in [0.2, 0.25) is 0 Å². The highest BCUT2D eigenvalue weighted by molar-refractivity contribution is 5.95. The van der Waals surface area contributed by atoms with Crippen LogP contribution in [0.15, 0.2) is 24.3 Å². The number of aliphatic hydroxyl groups excluding tert-OH is 1. The van der Waals surface area contributed by atoms with Gasteiger partial charge in [-0.15, -0.1) is 0 Å². The number of carbonyl (C=O) groups is 1. The van der Waals surface area contributed by atoms with Crippen LogP contribution in [0.4, 0.5) is 5.69 Å². The fraction of sp³-hybridized carbons (Fsp3) is 0.562. The van der Waals surface area contributed by atoms with E-state index >= 15 is 0 Å². The van der Waals surface area contributed by atoms with E-state index in [4.69, 9.17) is 0 Å². The second kappa shape index (κ2) is 5.33. The lowest BCUT2D eigenvalue weighted by Crippen LogP contribution is -2.46. The van der Waals surface area contributed by atoms with Gasteiger partial charge in [-0.05, 0) is 29.9 Å². The lowest BCUT2D eigenvalue weighted by molar-refractivity contribution is -0.120. The van der Waals surface area contributed by atoms with Crippen molar-refractivity contribution in [1.82, 2.24) is 0 Å². The van der Waals surface area contributed by atoms with Crippen molar-refractivity contribution in [2.45, 2.75) is 51.5 Å². The first-order chi connectivity index (χ1) is 8.95. The van der Waals surface area contributed by atoms with E-state index in [-0.39, 0.29) is 24.0 Å². The average Bonchev–Trinajstić information content (AvgIpc) is 2.37. The Labute approximate surface area is 115 Å². The maximum absolute atomic E-state index is 12.3. The quantitative estimate of drug-likeness (QED) is 0.889. The minimum atomic E-state index is -0.0789. The molecule has 1 amide bonds. The number of hydrogen-bond donors (Lipinski definition) is 1. The third-order valence-corrected chi connectivity index (χ3v) is 3.74. The molecule has 1 aromatic rings. The molecule has 3 nitrogen and oxygen atoms in total. The number of benzene rings is 1. The van der Waals surface area contributed by atoms with E-state index in [1.54, 1.807) is 0 Å². The van der Waals surface area contributed by atoms with Crippen molar-refractivity contribution in [2.75, 3.05) is 11.5 Å². The number of aliphatic hydroxyl groups is 1. The predicted octanol–water partition coefficient (Wildman–Crippen LogP) is 2.86. The molecule has 1 heterocycles. The SMILES string of the molecule is CC(C)(C)c1ccccc1N1C(=O)CCC[C@@H]1CO. The zero-order chi connectivity index (χ0) is 14.0. The van der Waals surface area contributed by atoms with Crippen molar-refractivity contribution in [2.24, 2.45) is 0 Å². The summed E-state index contributed by atoms with van der Waals surface area (Å²) < 4.78 is 0. The summed E-state index contributed by atoms with van der Waals surface area (Å²) in [6.45, 7) is 6.47. The second-order valence-electron chi connectivity index (χ2n) is 6.26. The fourth-order valence-corrected chi connectivity index (χ4v) is 2.76. The zero-order valence-electron chi connectivity index (χ0n) is 12.0. The highest BCUT2D eigenvalue weighted by Gasteiger charge is 2.32. The first-order valence-corrected chi connectivity index (χ1v) is 6.97. The molecule has 0 saturated carbocycles. The van der Waals surface area contributed by atoms with Gasteiger partial charge in [0.15, 0.2) is 0 Å². The molecule has 1 N–H and O–H groups in total. The summed E-state index contributed by atoms with van der Waals surface area (Å²) in [6.07, 6.45) is 2.33. The number of anilines is 1. The molecule has 0 radical (unpaired) electrons. The third kappa shape index (κ3) is 2.81. The molecule has 0 bridgehead atoms. The van der Waals surface area contributed by atoms with E-state index in [1.807, 2.05) is 23.1 Å². The van der Waals surface area contributed by atoms with Crippen molar-refractivity contribution >= 4 is 11.6 Å².